The molecule has 1 heterocycles. The van der Waals surface area contributed by atoms with Gasteiger partial charge in [0.05, 0.1) is 0 Å². The van der Waals surface area contributed by atoms with Crippen LogP contribution >= 0.6 is 0 Å². The standard InChI is InChI=1S/C20H17FN2O3/c21-20(19(24)23-25)16(11-4-2-1-3-5-11)17(20)13-8-9-14-15(10-13)26-18(22-14)12-6-7-12/h1-5,8-10,12,16-17,25H,6-7H2,(H,23,24). The van der Waals surface area contributed by atoms with E-state index in [4.69, 9.17) is 9.62 Å². The van der Waals surface area contributed by atoms with Gasteiger partial charge in [0, 0.05) is 17.8 Å². The summed E-state index contributed by atoms with van der Waals surface area (Å²) >= 11 is 0. The number of amides is 1. The fourth-order valence-electron chi connectivity index (χ4n) is 3.91. The molecule has 0 aliphatic heterocycles. The van der Waals surface area contributed by atoms with Crippen molar-refractivity contribution in [1.29, 1.82) is 0 Å². The van der Waals surface area contributed by atoms with Gasteiger partial charge in [-0.1, -0.05) is 36.4 Å². The molecule has 0 bridgehead atoms. The van der Waals surface area contributed by atoms with E-state index in [9.17, 15) is 4.79 Å². The Morgan fingerprint density at radius 1 is 1.15 bits per heavy atom. The van der Waals surface area contributed by atoms with E-state index in [-0.39, 0.29) is 0 Å². The van der Waals surface area contributed by atoms with Crippen LogP contribution in [0.3, 0.4) is 0 Å². The molecule has 1 amide bonds. The van der Waals surface area contributed by atoms with Gasteiger partial charge >= 0.3 is 0 Å². The number of benzene rings is 2. The second-order valence-electron chi connectivity index (χ2n) is 7.13. The zero-order valence-corrected chi connectivity index (χ0v) is 13.9. The lowest BCUT2D eigenvalue weighted by atomic mass is 10.0. The minimum atomic E-state index is -2.19. The van der Waals surface area contributed by atoms with Crippen molar-refractivity contribution < 1.29 is 18.8 Å². The summed E-state index contributed by atoms with van der Waals surface area (Å²) in [5.41, 5.74) is 2.02. The van der Waals surface area contributed by atoms with E-state index in [1.165, 1.54) is 5.48 Å². The highest BCUT2D eigenvalue weighted by Crippen LogP contribution is 2.66. The molecule has 26 heavy (non-hydrogen) atoms. The van der Waals surface area contributed by atoms with E-state index >= 15 is 4.39 Å². The molecular weight excluding hydrogens is 335 g/mol. The van der Waals surface area contributed by atoms with Crippen LogP contribution in [0.1, 0.15) is 47.6 Å². The maximum Gasteiger partial charge on any atom is 0.282 e. The SMILES string of the molecule is O=C(NO)C1(F)C(c2ccccc2)C1c1ccc2nc(C3CC3)oc2c1. The normalized spacial score (nSPS) is 27.5. The number of oxazole rings is 1. The number of aromatic nitrogens is 1. The molecule has 2 aliphatic carbocycles. The van der Waals surface area contributed by atoms with Gasteiger partial charge in [-0.05, 0) is 36.1 Å². The largest absolute Gasteiger partial charge is 0.440 e. The summed E-state index contributed by atoms with van der Waals surface area (Å²) in [6.07, 6.45) is 2.17. The first kappa shape index (κ1) is 15.5. The van der Waals surface area contributed by atoms with Gasteiger partial charge in [0.2, 0.25) is 5.67 Å². The van der Waals surface area contributed by atoms with Crippen LogP contribution in [0.15, 0.2) is 52.9 Å². The van der Waals surface area contributed by atoms with Crippen LogP contribution in [-0.4, -0.2) is 21.8 Å². The van der Waals surface area contributed by atoms with Gasteiger partial charge < -0.3 is 4.42 Å². The predicted octanol–water partition coefficient (Wildman–Crippen LogP) is 3.80. The molecular formula is C20H17FN2O3. The van der Waals surface area contributed by atoms with E-state index < -0.39 is 23.4 Å². The second-order valence-corrected chi connectivity index (χ2v) is 7.13. The highest BCUT2D eigenvalue weighted by Gasteiger charge is 2.72. The summed E-state index contributed by atoms with van der Waals surface area (Å²) in [6.45, 7) is 0. The van der Waals surface area contributed by atoms with Gasteiger partial charge in [0.1, 0.15) is 5.52 Å². The average molecular weight is 352 g/mol. The number of carbonyl (C=O) groups excluding carboxylic acids is 1. The van der Waals surface area contributed by atoms with Crippen molar-refractivity contribution >= 4 is 17.0 Å². The Morgan fingerprint density at radius 2 is 1.88 bits per heavy atom. The van der Waals surface area contributed by atoms with Gasteiger partial charge in [-0.25, -0.2) is 14.9 Å². The number of fused-ring (bicyclic) bond motifs is 1. The molecule has 5 nitrogen and oxygen atoms in total. The fraction of sp³-hybridized carbons (Fsp3) is 0.300. The molecule has 2 aromatic carbocycles. The van der Waals surface area contributed by atoms with Crippen LogP contribution in [0.4, 0.5) is 4.39 Å². The third kappa shape index (κ3) is 2.18. The summed E-state index contributed by atoms with van der Waals surface area (Å²) in [6, 6.07) is 14.4. The zero-order valence-electron chi connectivity index (χ0n) is 13.9. The lowest BCUT2D eigenvalue weighted by molar-refractivity contribution is -0.136. The van der Waals surface area contributed by atoms with E-state index in [0.717, 1.165) is 29.8 Å². The van der Waals surface area contributed by atoms with Crippen molar-refractivity contribution in [2.45, 2.75) is 36.3 Å². The van der Waals surface area contributed by atoms with Gasteiger partial charge in [0.25, 0.3) is 5.91 Å². The molecule has 0 radical (unpaired) electrons. The number of alkyl halides is 1. The fourth-order valence-corrected chi connectivity index (χ4v) is 3.91. The molecule has 1 aromatic heterocycles. The molecule has 2 aliphatic rings. The van der Waals surface area contributed by atoms with E-state index in [1.807, 2.05) is 18.2 Å². The number of nitrogens with one attached hydrogen (secondary N) is 1. The molecule has 0 saturated heterocycles. The first-order valence-electron chi connectivity index (χ1n) is 8.71. The molecule has 6 heteroatoms. The summed E-state index contributed by atoms with van der Waals surface area (Å²) in [5.74, 6) is -1.24. The first-order valence-corrected chi connectivity index (χ1v) is 8.71. The lowest BCUT2D eigenvalue weighted by Gasteiger charge is -2.05. The Labute approximate surface area is 148 Å². The smallest absolute Gasteiger partial charge is 0.282 e. The second kappa shape index (κ2) is 5.38. The summed E-state index contributed by atoms with van der Waals surface area (Å²) in [5, 5.41) is 9.01. The molecule has 132 valence electrons. The van der Waals surface area contributed by atoms with Gasteiger partial charge in [0.15, 0.2) is 11.5 Å². The molecule has 2 fully saturated rings. The van der Waals surface area contributed by atoms with Crippen molar-refractivity contribution in [2.75, 3.05) is 0 Å². The molecule has 3 aromatic rings. The maximum absolute atomic E-state index is 15.5. The Kier molecular flexibility index (Phi) is 3.21. The van der Waals surface area contributed by atoms with Crippen molar-refractivity contribution in [3.63, 3.8) is 0 Å². The quantitative estimate of drug-likeness (QED) is 0.553. The minimum absolute atomic E-state index is 0.393. The summed E-state index contributed by atoms with van der Waals surface area (Å²) in [4.78, 5) is 16.5. The van der Waals surface area contributed by atoms with Crippen molar-refractivity contribution in [3.8, 4) is 0 Å². The predicted molar refractivity (Wildman–Crippen MR) is 91.7 cm³/mol. The van der Waals surface area contributed by atoms with Gasteiger partial charge in [-0.15, -0.1) is 0 Å². The number of halogens is 1. The van der Waals surface area contributed by atoms with E-state index in [1.54, 1.807) is 30.3 Å². The average Bonchev–Trinajstić information content (AvgIpc) is 3.57. The number of nitrogens with zero attached hydrogens (tertiary/aromatic N) is 1. The molecule has 5 rings (SSSR count). The highest BCUT2D eigenvalue weighted by molar-refractivity contribution is 5.92. The third-order valence-electron chi connectivity index (χ3n) is 5.45. The molecule has 2 saturated carbocycles. The Hall–Kier alpha value is -2.73. The number of carbonyl (C=O) groups is 1. The van der Waals surface area contributed by atoms with E-state index in [0.29, 0.717) is 17.1 Å². The van der Waals surface area contributed by atoms with Crippen LogP contribution in [0.25, 0.3) is 11.1 Å². The Morgan fingerprint density at radius 3 is 2.58 bits per heavy atom. The Balaban J connectivity index is 1.56. The van der Waals surface area contributed by atoms with Crippen LogP contribution in [0.5, 0.6) is 0 Å². The molecule has 3 atom stereocenters. The number of hydrogen-bond acceptors (Lipinski definition) is 4. The van der Waals surface area contributed by atoms with Crippen molar-refractivity contribution in [1.82, 2.24) is 10.5 Å². The monoisotopic (exact) mass is 352 g/mol. The van der Waals surface area contributed by atoms with Crippen molar-refractivity contribution in [3.05, 3.63) is 65.5 Å². The number of rotatable bonds is 4. The van der Waals surface area contributed by atoms with Crippen LogP contribution in [0.2, 0.25) is 0 Å². The lowest BCUT2D eigenvalue weighted by Crippen LogP contribution is -2.33. The molecule has 0 spiro atoms. The van der Waals surface area contributed by atoms with E-state index in [2.05, 4.69) is 4.98 Å². The molecule has 3 unspecified atom stereocenters. The summed E-state index contributed by atoms with van der Waals surface area (Å²) < 4.78 is 21.3. The summed E-state index contributed by atoms with van der Waals surface area (Å²) in [7, 11) is 0. The Bertz CT molecular complexity index is 999. The molecule has 2 N–H and O–H groups in total. The minimum Gasteiger partial charge on any atom is -0.440 e. The van der Waals surface area contributed by atoms with Crippen molar-refractivity contribution in [2.24, 2.45) is 0 Å². The topological polar surface area (TPSA) is 75.4 Å². The highest BCUT2D eigenvalue weighted by atomic mass is 19.1. The third-order valence-corrected chi connectivity index (χ3v) is 5.45. The maximum atomic E-state index is 15.5. The van der Waals surface area contributed by atoms with Crippen LogP contribution < -0.4 is 5.48 Å². The van der Waals surface area contributed by atoms with Crippen LogP contribution in [0, 0.1) is 0 Å². The van der Waals surface area contributed by atoms with Gasteiger partial charge in [-0.3, -0.25) is 10.0 Å². The van der Waals surface area contributed by atoms with Crippen LogP contribution in [-0.2, 0) is 4.79 Å². The zero-order chi connectivity index (χ0) is 17.9. The first-order chi connectivity index (χ1) is 12.6. The van der Waals surface area contributed by atoms with Gasteiger partial charge in [-0.2, -0.15) is 0 Å². The number of hydrogen-bond donors (Lipinski definition) is 2. The number of hydroxylamine groups is 1.